The van der Waals surface area contributed by atoms with Crippen LogP contribution in [0, 0.1) is 0 Å². The Morgan fingerprint density at radius 3 is 2.48 bits per heavy atom. The molecule has 6 nitrogen and oxygen atoms in total. The molecule has 0 spiro atoms. The van der Waals surface area contributed by atoms with Crippen molar-refractivity contribution in [3.8, 4) is 0 Å². The minimum absolute atomic E-state index is 0.123. The molecular weight excluding hydrogens is 342 g/mol. The number of rotatable bonds is 6. The first-order chi connectivity index (χ1) is 13.2. The predicted molar refractivity (Wildman–Crippen MR) is 102 cm³/mol. The highest BCUT2D eigenvalue weighted by Gasteiger charge is 2.22. The average molecular weight is 367 g/mol. The molecule has 1 saturated heterocycles. The van der Waals surface area contributed by atoms with E-state index >= 15 is 0 Å². The van der Waals surface area contributed by atoms with Gasteiger partial charge in [-0.05, 0) is 37.5 Å². The summed E-state index contributed by atoms with van der Waals surface area (Å²) in [6.45, 7) is 4.83. The number of nitrogens with one attached hydrogen (secondary N) is 1. The highest BCUT2D eigenvalue weighted by atomic mass is 16.5. The van der Waals surface area contributed by atoms with Gasteiger partial charge in [-0.3, -0.25) is 9.69 Å². The second-order valence-electron chi connectivity index (χ2n) is 6.64. The van der Waals surface area contributed by atoms with Crippen LogP contribution in [0.4, 0.5) is 0 Å². The number of pyridine rings is 1. The van der Waals surface area contributed by atoms with Gasteiger partial charge >= 0.3 is 5.97 Å². The summed E-state index contributed by atoms with van der Waals surface area (Å²) in [5, 5.41) is 3.04. The van der Waals surface area contributed by atoms with Crippen LogP contribution < -0.4 is 5.32 Å². The number of ether oxygens (including phenoxy) is 1. The molecule has 0 radical (unpaired) electrons. The molecule has 3 rings (SSSR count). The highest BCUT2D eigenvalue weighted by molar-refractivity contribution is 5.94. The number of hydrogen-bond donors (Lipinski definition) is 1. The lowest BCUT2D eigenvalue weighted by molar-refractivity contribution is 0.0519. The molecule has 1 aromatic heterocycles. The highest BCUT2D eigenvalue weighted by Crippen LogP contribution is 2.14. The summed E-state index contributed by atoms with van der Waals surface area (Å²) in [6, 6.07) is 15.3. The molecule has 0 bridgehead atoms. The Morgan fingerprint density at radius 2 is 1.78 bits per heavy atom. The van der Waals surface area contributed by atoms with E-state index in [0.717, 1.165) is 32.5 Å². The summed E-state index contributed by atoms with van der Waals surface area (Å²) < 4.78 is 4.93. The maximum Gasteiger partial charge on any atom is 0.356 e. The standard InChI is InChI=1S/C21H25N3O3/c1-2-27-21(26)19-10-6-9-18(23-19)20(25)22-17-11-13-24(14-12-17)15-16-7-4-3-5-8-16/h3-10,17H,2,11-15H2,1H3,(H,22,25). The minimum Gasteiger partial charge on any atom is -0.461 e. The number of amides is 1. The molecule has 1 fully saturated rings. The van der Waals surface area contributed by atoms with E-state index in [1.165, 1.54) is 5.56 Å². The van der Waals surface area contributed by atoms with Crippen LogP contribution in [0.5, 0.6) is 0 Å². The molecule has 1 aliphatic heterocycles. The fraction of sp³-hybridized carbons (Fsp3) is 0.381. The predicted octanol–water partition coefficient (Wildman–Crippen LogP) is 2.65. The van der Waals surface area contributed by atoms with Gasteiger partial charge in [-0.25, -0.2) is 9.78 Å². The number of likely N-dealkylation sites (tertiary alicyclic amines) is 1. The van der Waals surface area contributed by atoms with Gasteiger partial charge in [0.15, 0.2) is 0 Å². The van der Waals surface area contributed by atoms with E-state index in [4.69, 9.17) is 4.74 Å². The van der Waals surface area contributed by atoms with Crippen LogP contribution in [0.3, 0.4) is 0 Å². The number of piperidine rings is 1. The van der Waals surface area contributed by atoms with Crippen molar-refractivity contribution < 1.29 is 14.3 Å². The quantitative estimate of drug-likeness (QED) is 0.795. The van der Waals surface area contributed by atoms with Crippen molar-refractivity contribution in [3.05, 3.63) is 65.5 Å². The molecule has 2 aromatic rings. The third-order valence-corrected chi connectivity index (χ3v) is 4.64. The van der Waals surface area contributed by atoms with Crippen molar-refractivity contribution >= 4 is 11.9 Å². The Hall–Kier alpha value is -2.73. The van der Waals surface area contributed by atoms with E-state index in [-0.39, 0.29) is 29.9 Å². The number of hydrogen-bond acceptors (Lipinski definition) is 5. The van der Waals surface area contributed by atoms with E-state index in [1.807, 2.05) is 6.07 Å². The van der Waals surface area contributed by atoms with E-state index in [9.17, 15) is 9.59 Å². The molecular formula is C21H25N3O3. The molecule has 1 N–H and O–H groups in total. The second-order valence-corrected chi connectivity index (χ2v) is 6.64. The van der Waals surface area contributed by atoms with Gasteiger partial charge in [0, 0.05) is 25.7 Å². The van der Waals surface area contributed by atoms with Gasteiger partial charge in [0.25, 0.3) is 5.91 Å². The molecule has 1 aromatic carbocycles. The van der Waals surface area contributed by atoms with Gasteiger partial charge in [0.05, 0.1) is 6.61 Å². The number of carbonyl (C=O) groups is 2. The zero-order valence-electron chi connectivity index (χ0n) is 15.6. The normalized spacial score (nSPS) is 15.3. The third-order valence-electron chi connectivity index (χ3n) is 4.64. The SMILES string of the molecule is CCOC(=O)c1cccc(C(=O)NC2CCN(Cc3ccccc3)CC2)n1. The monoisotopic (exact) mass is 367 g/mol. The molecule has 142 valence electrons. The molecule has 0 aliphatic carbocycles. The van der Waals surface area contributed by atoms with Gasteiger partial charge in [0.1, 0.15) is 11.4 Å². The van der Waals surface area contributed by atoms with E-state index < -0.39 is 5.97 Å². The molecule has 0 atom stereocenters. The average Bonchev–Trinajstić information content (AvgIpc) is 2.70. The van der Waals surface area contributed by atoms with Crippen molar-refractivity contribution in [2.24, 2.45) is 0 Å². The Kier molecular flexibility index (Phi) is 6.54. The molecule has 2 heterocycles. The van der Waals surface area contributed by atoms with Crippen LogP contribution in [-0.2, 0) is 11.3 Å². The van der Waals surface area contributed by atoms with E-state index in [0.29, 0.717) is 0 Å². The van der Waals surface area contributed by atoms with Gasteiger partial charge in [0.2, 0.25) is 0 Å². The maximum absolute atomic E-state index is 12.5. The Balaban J connectivity index is 1.51. The second kappa shape index (κ2) is 9.28. The van der Waals surface area contributed by atoms with Crippen molar-refractivity contribution in [3.63, 3.8) is 0 Å². The van der Waals surface area contributed by atoms with Crippen LogP contribution in [0.15, 0.2) is 48.5 Å². The van der Waals surface area contributed by atoms with Crippen molar-refractivity contribution in [1.82, 2.24) is 15.2 Å². The van der Waals surface area contributed by atoms with Crippen molar-refractivity contribution in [2.75, 3.05) is 19.7 Å². The lowest BCUT2D eigenvalue weighted by Crippen LogP contribution is -2.44. The van der Waals surface area contributed by atoms with Gasteiger partial charge in [-0.15, -0.1) is 0 Å². The van der Waals surface area contributed by atoms with Crippen LogP contribution in [-0.4, -0.2) is 47.5 Å². The van der Waals surface area contributed by atoms with Crippen LogP contribution >= 0.6 is 0 Å². The molecule has 27 heavy (non-hydrogen) atoms. The molecule has 6 heteroatoms. The van der Waals surface area contributed by atoms with Crippen LogP contribution in [0.25, 0.3) is 0 Å². The van der Waals surface area contributed by atoms with E-state index in [2.05, 4.69) is 39.5 Å². The third kappa shape index (κ3) is 5.37. The van der Waals surface area contributed by atoms with Gasteiger partial charge in [-0.1, -0.05) is 36.4 Å². The first-order valence-corrected chi connectivity index (χ1v) is 9.37. The fourth-order valence-corrected chi connectivity index (χ4v) is 3.22. The summed E-state index contributed by atoms with van der Waals surface area (Å²) in [5.74, 6) is -0.760. The molecule has 0 unspecified atom stereocenters. The first kappa shape index (κ1) is 19.0. The van der Waals surface area contributed by atoms with E-state index in [1.54, 1.807) is 25.1 Å². The fourth-order valence-electron chi connectivity index (χ4n) is 3.22. The first-order valence-electron chi connectivity index (χ1n) is 9.37. The number of esters is 1. The minimum atomic E-state index is -0.513. The number of aromatic nitrogens is 1. The number of nitrogens with zero attached hydrogens (tertiary/aromatic N) is 2. The Morgan fingerprint density at radius 1 is 1.07 bits per heavy atom. The van der Waals surface area contributed by atoms with Gasteiger partial charge < -0.3 is 10.1 Å². The van der Waals surface area contributed by atoms with Crippen LogP contribution in [0.2, 0.25) is 0 Å². The summed E-state index contributed by atoms with van der Waals surface area (Å²) in [7, 11) is 0. The number of benzene rings is 1. The molecule has 0 saturated carbocycles. The topological polar surface area (TPSA) is 71.5 Å². The maximum atomic E-state index is 12.5. The number of carbonyl (C=O) groups excluding carboxylic acids is 2. The van der Waals surface area contributed by atoms with Crippen molar-refractivity contribution in [2.45, 2.75) is 32.4 Å². The Labute approximate surface area is 159 Å². The van der Waals surface area contributed by atoms with Crippen molar-refractivity contribution in [1.29, 1.82) is 0 Å². The zero-order chi connectivity index (χ0) is 19.1. The summed E-state index contributed by atoms with van der Waals surface area (Å²) in [4.78, 5) is 30.8. The Bertz CT molecular complexity index is 771. The lowest BCUT2D eigenvalue weighted by atomic mass is 10.0. The smallest absolute Gasteiger partial charge is 0.356 e. The molecule has 1 amide bonds. The summed E-state index contributed by atoms with van der Waals surface area (Å²) in [6.07, 6.45) is 1.80. The van der Waals surface area contributed by atoms with Gasteiger partial charge in [-0.2, -0.15) is 0 Å². The largest absolute Gasteiger partial charge is 0.461 e. The summed E-state index contributed by atoms with van der Waals surface area (Å²) in [5.41, 5.74) is 1.70. The molecule has 1 aliphatic rings. The lowest BCUT2D eigenvalue weighted by Gasteiger charge is -2.32. The zero-order valence-corrected chi connectivity index (χ0v) is 15.6. The summed E-state index contributed by atoms with van der Waals surface area (Å²) >= 11 is 0. The van der Waals surface area contributed by atoms with Crippen LogP contribution in [0.1, 0.15) is 46.3 Å².